The summed E-state index contributed by atoms with van der Waals surface area (Å²) in [7, 11) is 0. The molecule has 33 heavy (non-hydrogen) atoms. The van der Waals surface area contributed by atoms with Crippen molar-refractivity contribution in [2.24, 2.45) is 0 Å². The molecule has 0 atom stereocenters. The summed E-state index contributed by atoms with van der Waals surface area (Å²) in [6, 6.07) is 22.0. The zero-order chi connectivity index (χ0) is 21.9. The quantitative estimate of drug-likeness (QED) is 0.282. The zero-order valence-corrected chi connectivity index (χ0v) is 18.0. The standard InChI is InChI=1S/C25H22ClN5O.CH4/c26-19-8-4-7-18(13-19)21-15-28-30-24(21)22-14-27-25-20(22)9-10-23(29-25)31(11-12-32)16-17-5-2-1-3-6-17;/h1-10,13-15,32H,11-12,16H2,(H,27,29)(H,28,30);1H4. The van der Waals surface area contributed by atoms with Gasteiger partial charge < -0.3 is 15.0 Å². The predicted octanol–water partition coefficient (Wildman–Crippen LogP) is 5.91. The summed E-state index contributed by atoms with van der Waals surface area (Å²) in [6.07, 6.45) is 3.75. The van der Waals surface area contributed by atoms with Gasteiger partial charge in [0.1, 0.15) is 11.5 Å². The Labute approximate surface area is 197 Å². The van der Waals surface area contributed by atoms with Crippen LogP contribution in [0.15, 0.2) is 79.1 Å². The summed E-state index contributed by atoms with van der Waals surface area (Å²) in [5.74, 6) is 0.809. The maximum atomic E-state index is 9.58. The Morgan fingerprint density at radius 1 is 0.970 bits per heavy atom. The Hall–Kier alpha value is -3.61. The number of aromatic amines is 2. The number of aliphatic hydroxyl groups is 1. The van der Waals surface area contributed by atoms with Crippen LogP contribution in [0.3, 0.4) is 0 Å². The van der Waals surface area contributed by atoms with Crippen LogP contribution in [0.1, 0.15) is 13.0 Å². The molecule has 168 valence electrons. The fourth-order valence-electron chi connectivity index (χ4n) is 3.94. The van der Waals surface area contributed by atoms with Gasteiger partial charge in [-0.25, -0.2) is 4.98 Å². The molecule has 3 N–H and O–H groups in total. The average Bonchev–Trinajstić information content (AvgIpc) is 3.46. The van der Waals surface area contributed by atoms with Gasteiger partial charge in [-0.05, 0) is 35.4 Å². The van der Waals surface area contributed by atoms with Crippen LogP contribution in [0.2, 0.25) is 5.02 Å². The van der Waals surface area contributed by atoms with E-state index in [1.54, 1.807) is 0 Å². The van der Waals surface area contributed by atoms with Crippen molar-refractivity contribution in [3.63, 3.8) is 0 Å². The van der Waals surface area contributed by atoms with Gasteiger partial charge in [-0.3, -0.25) is 5.10 Å². The highest BCUT2D eigenvalue weighted by Gasteiger charge is 2.16. The number of fused-ring (bicyclic) bond motifs is 1. The van der Waals surface area contributed by atoms with Crippen LogP contribution in [0.5, 0.6) is 0 Å². The van der Waals surface area contributed by atoms with Crippen molar-refractivity contribution in [3.05, 3.63) is 89.7 Å². The molecular weight excluding hydrogens is 434 g/mol. The number of aromatic nitrogens is 4. The molecular formula is C26H26ClN5O. The van der Waals surface area contributed by atoms with Gasteiger partial charge in [0.15, 0.2) is 0 Å². The summed E-state index contributed by atoms with van der Waals surface area (Å²) in [4.78, 5) is 10.2. The molecule has 0 saturated heterocycles. The van der Waals surface area contributed by atoms with E-state index in [9.17, 15) is 5.11 Å². The highest BCUT2D eigenvalue weighted by atomic mass is 35.5. The molecule has 0 aliphatic rings. The summed E-state index contributed by atoms with van der Waals surface area (Å²) in [5, 5.41) is 18.6. The number of hydrogen-bond acceptors (Lipinski definition) is 4. The minimum absolute atomic E-state index is 0. The van der Waals surface area contributed by atoms with Crippen LogP contribution in [-0.4, -0.2) is 38.4 Å². The summed E-state index contributed by atoms with van der Waals surface area (Å²) < 4.78 is 0. The van der Waals surface area contributed by atoms with Gasteiger partial charge in [0.05, 0.1) is 18.5 Å². The molecule has 0 aliphatic heterocycles. The first kappa shape index (κ1) is 22.6. The number of H-pyrrole nitrogens is 2. The van der Waals surface area contributed by atoms with Crippen LogP contribution in [0, 0.1) is 0 Å². The zero-order valence-electron chi connectivity index (χ0n) is 17.3. The third kappa shape index (κ3) is 4.62. The highest BCUT2D eigenvalue weighted by molar-refractivity contribution is 6.30. The van der Waals surface area contributed by atoms with Gasteiger partial charge in [-0.15, -0.1) is 0 Å². The number of rotatable bonds is 7. The van der Waals surface area contributed by atoms with Crippen LogP contribution in [-0.2, 0) is 6.54 Å². The summed E-state index contributed by atoms with van der Waals surface area (Å²) in [6.45, 7) is 1.23. The number of nitrogens with one attached hydrogen (secondary N) is 2. The molecule has 0 amide bonds. The van der Waals surface area contributed by atoms with Gasteiger partial charge in [-0.2, -0.15) is 5.10 Å². The van der Waals surface area contributed by atoms with Crippen LogP contribution in [0.25, 0.3) is 33.4 Å². The van der Waals surface area contributed by atoms with E-state index < -0.39 is 0 Å². The molecule has 5 aromatic rings. The highest BCUT2D eigenvalue weighted by Crippen LogP contribution is 2.35. The Balaban J connectivity index is 0.00000259. The first-order valence-electron chi connectivity index (χ1n) is 10.4. The van der Waals surface area contributed by atoms with E-state index in [0.717, 1.165) is 39.2 Å². The van der Waals surface area contributed by atoms with Crippen molar-refractivity contribution in [2.45, 2.75) is 14.0 Å². The molecule has 2 aromatic carbocycles. The summed E-state index contributed by atoms with van der Waals surface area (Å²) >= 11 is 6.20. The lowest BCUT2D eigenvalue weighted by Crippen LogP contribution is -2.26. The monoisotopic (exact) mass is 459 g/mol. The molecule has 3 heterocycles. The van der Waals surface area contributed by atoms with Gasteiger partial charge in [0, 0.05) is 40.8 Å². The number of nitrogens with zero attached hydrogens (tertiary/aromatic N) is 3. The van der Waals surface area contributed by atoms with Gasteiger partial charge in [0.2, 0.25) is 0 Å². The number of anilines is 1. The molecule has 0 fully saturated rings. The van der Waals surface area contributed by atoms with Crippen molar-refractivity contribution < 1.29 is 5.11 Å². The van der Waals surface area contributed by atoms with Crippen molar-refractivity contribution in [1.82, 2.24) is 20.2 Å². The second-order valence-electron chi connectivity index (χ2n) is 7.57. The Bertz CT molecular complexity index is 1350. The normalized spacial score (nSPS) is 10.8. The average molecular weight is 460 g/mol. The van der Waals surface area contributed by atoms with Crippen LogP contribution >= 0.6 is 11.6 Å². The maximum absolute atomic E-state index is 9.58. The van der Waals surface area contributed by atoms with Crippen molar-refractivity contribution in [2.75, 3.05) is 18.1 Å². The smallest absolute Gasteiger partial charge is 0.140 e. The minimum Gasteiger partial charge on any atom is -0.395 e. The number of halogens is 1. The number of hydrogen-bond donors (Lipinski definition) is 3. The molecule has 6 nitrogen and oxygen atoms in total. The molecule has 0 aliphatic carbocycles. The van der Waals surface area contributed by atoms with Crippen molar-refractivity contribution in [1.29, 1.82) is 0 Å². The number of aliphatic hydroxyl groups excluding tert-OH is 1. The van der Waals surface area contributed by atoms with Gasteiger partial charge in [-0.1, -0.05) is 61.5 Å². The largest absolute Gasteiger partial charge is 0.395 e. The second-order valence-corrected chi connectivity index (χ2v) is 8.00. The van der Waals surface area contributed by atoms with E-state index in [-0.39, 0.29) is 14.0 Å². The van der Waals surface area contributed by atoms with Crippen LogP contribution in [0.4, 0.5) is 5.82 Å². The molecule has 3 aromatic heterocycles. The van der Waals surface area contributed by atoms with Crippen molar-refractivity contribution >= 4 is 28.5 Å². The molecule has 0 unspecified atom stereocenters. The number of benzene rings is 2. The molecule has 7 heteroatoms. The van der Waals surface area contributed by atoms with Crippen molar-refractivity contribution in [3.8, 4) is 22.4 Å². The summed E-state index contributed by atoms with van der Waals surface area (Å²) in [5.41, 5.74) is 5.81. The third-order valence-electron chi connectivity index (χ3n) is 5.48. The van der Waals surface area contributed by atoms with E-state index in [2.05, 4.69) is 38.3 Å². The Kier molecular flexibility index (Phi) is 6.77. The lowest BCUT2D eigenvalue weighted by molar-refractivity contribution is 0.301. The van der Waals surface area contributed by atoms with Gasteiger partial charge >= 0.3 is 0 Å². The second kappa shape index (κ2) is 9.90. The fraction of sp³-hybridized carbons (Fsp3) is 0.154. The first-order chi connectivity index (χ1) is 15.7. The van der Waals surface area contributed by atoms with E-state index in [1.807, 2.05) is 60.9 Å². The minimum atomic E-state index is 0. The molecule has 0 bridgehead atoms. The SMILES string of the molecule is C.OCCN(Cc1ccccc1)c1ccc2c(-c3[nH]ncc3-c3cccc(Cl)c3)c[nH]c2n1. The number of pyridine rings is 1. The van der Waals surface area contributed by atoms with E-state index in [1.165, 1.54) is 5.56 Å². The first-order valence-corrected chi connectivity index (χ1v) is 10.8. The molecule has 0 saturated carbocycles. The molecule has 0 spiro atoms. The Morgan fingerprint density at radius 3 is 2.61 bits per heavy atom. The van der Waals surface area contributed by atoms with Gasteiger partial charge in [0.25, 0.3) is 0 Å². The topological polar surface area (TPSA) is 80.8 Å². The predicted molar refractivity (Wildman–Crippen MR) is 135 cm³/mol. The lowest BCUT2D eigenvalue weighted by Gasteiger charge is -2.23. The molecule has 5 rings (SSSR count). The Morgan fingerprint density at radius 2 is 1.82 bits per heavy atom. The molecule has 0 radical (unpaired) electrons. The van der Waals surface area contributed by atoms with E-state index in [0.29, 0.717) is 18.1 Å². The lowest BCUT2D eigenvalue weighted by atomic mass is 10.0. The van der Waals surface area contributed by atoms with Crippen LogP contribution < -0.4 is 4.90 Å². The fourth-order valence-corrected chi connectivity index (χ4v) is 4.13. The third-order valence-corrected chi connectivity index (χ3v) is 5.71. The maximum Gasteiger partial charge on any atom is 0.140 e. The van der Waals surface area contributed by atoms with E-state index >= 15 is 0 Å². The van der Waals surface area contributed by atoms with E-state index in [4.69, 9.17) is 16.6 Å².